The molecule has 7 heteroatoms. The molecule has 5 nitrogen and oxygen atoms in total. The van der Waals surface area contributed by atoms with Crippen LogP contribution in [-0.4, -0.2) is 48.0 Å². The minimum Gasteiger partial charge on any atom is -0.444 e. The molecule has 2 aliphatic rings. The molecule has 27 heavy (non-hydrogen) atoms. The van der Waals surface area contributed by atoms with E-state index < -0.39 is 5.60 Å². The van der Waals surface area contributed by atoms with Gasteiger partial charge in [-0.25, -0.2) is 4.79 Å². The lowest BCUT2D eigenvalue weighted by Gasteiger charge is -2.33. The molecule has 0 aromatic carbocycles. The van der Waals surface area contributed by atoms with Crippen LogP contribution in [0.1, 0.15) is 72.1 Å². The van der Waals surface area contributed by atoms with Crippen molar-refractivity contribution in [3.05, 3.63) is 17.0 Å². The van der Waals surface area contributed by atoms with Gasteiger partial charge in [0.15, 0.2) is 0 Å². The Kier molecular flexibility index (Phi) is 5.43. The molecule has 0 bridgehead atoms. The highest BCUT2D eigenvalue weighted by Gasteiger charge is 2.52. The van der Waals surface area contributed by atoms with E-state index in [4.69, 9.17) is 14.0 Å². The lowest BCUT2D eigenvalue weighted by molar-refractivity contribution is 0.00578. The number of likely N-dealkylation sites (tertiary alicyclic amines) is 1. The second kappa shape index (κ2) is 7.09. The first-order valence-corrected chi connectivity index (χ1v) is 10.6. The van der Waals surface area contributed by atoms with Gasteiger partial charge in [0.1, 0.15) is 5.60 Å². The second-order valence-electron chi connectivity index (χ2n) is 9.57. The average Bonchev–Trinajstić information content (AvgIpc) is 3.09. The van der Waals surface area contributed by atoms with Crippen molar-refractivity contribution in [2.24, 2.45) is 0 Å². The monoisotopic (exact) mass is 393 g/mol. The Balaban J connectivity index is 1.58. The fraction of sp³-hybridized carbons (Fsp3) is 0.750. The van der Waals surface area contributed by atoms with E-state index >= 15 is 0 Å². The van der Waals surface area contributed by atoms with Gasteiger partial charge in [0, 0.05) is 22.7 Å². The van der Waals surface area contributed by atoms with E-state index in [0.29, 0.717) is 5.92 Å². The van der Waals surface area contributed by atoms with E-state index in [1.807, 2.05) is 25.7 Å². The molecule has 0 spiro atoms. The quantitative estimate of drug-likeness (QED) is 0.708. The van der Waals surface area contributed by atoms with E-state index in [1.165, 1.54) is 4.88 Å². The summed E-state index contributed by atoms with van der Waals surface area (Å²) in [5.74, 6) is 0.477. The number of amides is 1. The maximum atomic E-state index is 12.2. The minimum absolute atomic E-state index is 0.204. The minimum atomic E-state index is -0.445. The zero-order chi connectivity index (χ0) is 20.0. The molecule has 1 aromatic rings. The summed E-state index contributed by atoms with van der Waals surface area (Å²) in [6.07, 6.45) is 1.72. The number of nitrogens with zero attached hydrogens (tertiary/aromatic N) is 1. The Morgan fingerprint density at radius 2 is 1.70 bits per heavy atom. The summed E-state index contributed by atoms with van der Waals surface area (Å²) in [5.41, 5.74) is -1.08. The van der Waals surface area contributed by atoms with E-state index in [-0.39, 0.29) is 24.4 Å². The van der Waals surface area contributed by atoms with Crippen molar-refractivity contribution in [3.63, 3.8) is 0 Å². The highest BCUT2D eigenvalue weighted by atomic mass is 32.1. The molecule has 2 fully saturated rings. The standard InChI is InChI=1S/C20H32BNO4S/c1-18(2,3)24-17(23)22-12-10-14(11-13-22)15-8-9-16(27-15)21-25-19(4,5)20(6,7)26-21/h8-9,14H,10-13H2,1-7H3. The topological polar surface area (TPSA) is 48.0 Å². The van der Waals surface area contributed by atoms with Crippen molar-refractivity contribution < 1.29 is 18.8 Å². The summed E-state index contributed by atoms with van der Waals surface area (Å²) in [5, 5.41) is 0. The number of carbonyl (C=O) groups excluding carboxylic acids is 1. The molecule has 0 radical (unpaired) electrons. The Morgan fingerprint density at radius 1 is 1.15 bits per heavy atom. The van der Waals surface area contributed by atoms with Crippen molar-refractivity contribution in [2.45, 2.75) is 84.0 Å². The summed E-state index contributed by atoms with van der Waals surface area (Å²) in [6, 6.07) is 4.32. The highest BCUT2D eigenvalue weighted by molar-refractivity contribution is 7.22. The van der Waals surface area contributed by atoms with E-state index in [9.17, 15) is 4.79 Å². The van der Waals surface area contributed by atoms with Gasteiger partial charge in [-0.3, -0.25) is 0 Å². The molecule has 2 aliphatic heterocycles. The highest BCUT2D eigenvalue weighted by Crippen LogP contribution is 2.38. The van der Waals surface area contributed by atoms with Gasteiger partial charge in [-0.1, -0.05) is 6.07 Å². The molecule has 0 N–H and O–H groups in total. The Morgan fingerprint density at radius 3 is 2.22 bits per heavy atom. The summed E-state index contributed by atoms with van der Waals surface area (Å²) >= 11 is 1.77. The smallest absolute Gasteiger partial charge is 0.444 e. The molecule has 3 rings (SSSR count). The summed E-state index contributed by atoms with van der Waals surface area (Å²) in [7, 11) is -0.296. The predicted octanol–water partition coefficient (Wildman–Crippen LogP) is 4.16. The number of carbonyl (C=O) groups is 1. The van der Waals surface area contributed by atoms with Gasteiger partial charge in [-0.15, -0.1) is 11.3 Å². The van der Waals surface area contributed by atoms with Gasteiger partial charge in [-0.05, 0) is 73.3 Å². The van der Waals surface area contributed by atoms with Gasteiger partial charge in [0.05, 0.1) is 11.2 Å². The third-order valence-corrected chi connectivity index (χ3v) is 6.95. The fourth-order valence-electron chi connectivity index (χ4n) is 3.35. The number of piperidine rings is 1. The van der Waals surface area contributed by atoms with Crippen molar-refractivity contribution in [1.82, 2.24) is 4.90 Å². The maximum Gasteiger partial charge on any atom is 0.505 e. The lowest BCUT2D eigenvalue weighted by Crippen LogP contribution is -2.41. The Hall–Kier alpha value is -1.05. The maximum absolute atomic E-state index is 12.2. The number of ether oxygens (including phenoxy) is 1. The summed E-state index contributed by atoms with van der Waals surface area (Å²) in [6.45, 7) is 15.5. The number of hydrogen-bond acceptors (Lipinski definition) is 5. The van der Waals surface area contributed by atoms with Gasteiger partial charge in [-0.2, -0.15) is 0 Å². The molecule has 0 atom stereocenters. The summed E-state index contributed by atoms with van der Waals surface area (Å²) in [4.78, 5) is 15.4. The molecule has 0 aliphatic carbocycles. The normalized spacial score (nSPS) is 22.9. The first kappa shape index (κ1) is 20.7. The zero-order valence-corrected chi connectivity index (χ0v) is 18.4. The molecule has 1 aromatic heterocycles. The largest absolute Gasteiger partial charge is 0.505 e. The third-order valence-electron chi connectivity index (χ3n) is 5.68. The van der Waals surface area contributed by atoms with Crippen LogP contribution in [0.3, 0.4) is 0 Å². The first-order valence-electron chi connectivity index (χ1n) is 9.81. The van der Waals surface area contributed by atoms with Gasteiger partial charge in [0.2, 0.25) is 0 Å². The number of thiophene rings is 1. The summed E-state index contributed by atoms with van der Waals surface area (Å²) < 4.78 is 18.9. The van der Waals surface area contributed by atoms with Crippen molar-refractivity contribution in [1.29, 1.82) is 0 Å². The molecule has 150 valence electrons. The van der Waals surface area contributed by atoms with E-state index in [2.05, 4.69) is 39.8 Å². The van der Waals surface area contributed by atoms with Crippen LogP contribution in [0.5, 0.6) is 0 Å². The molecule has 0 saturated carbocycles. The zero-order valence-electron chi connectivity index (χ0n) is 17.6. The van der Waals surface area contributed by atoms with Crippen molar-refractivity contribution in [2.75, 3.05) is 13.1 Å². The Bertz CT molecular complexity index is 670. The van der Waals surface area contributed by atoms with Crippen LogP contribution < -0.4 is 4.78 Å². The van der Waals surface area contributed by atoms with E-state index in [0.717, 1.165) is 30.7 Å². The average molecular weight is 393 g/mol. The van der Waals surface area contributed by atoms with Crippen molar-refractivity contribution >= 4 is 29.3 Å². The third kappa shape index (κ3) is 4.52. The van der Waals surface area contributed by atoms with Gasteiger partial charge in [0.25, 0.3) is 0 Å². The number of rotatable bonds is 2. The van der Waals surface area contributed by atoms with Crippen molar-refractivity contribution in [3.8, 4) is 0 Å². The fourth-order valence-corrected chi connectivity index (χ4v) is 4.49. The molecular weight excluding hydrogens is 361 g/mol. The lowest BCUT2D eigenvalue weighted by atomic mass is 9.88. The molecule has 3 heterocycles. The predicted molar refractivity (Wildman–Crippen MR) is 110 cm³/mol. The second-order valence-corrected chi connectivity index (χ2v) is 10.7. The molecule has 2 saturated heterocycles. The first-order chi connectivity index (χ1) is 12.4. The van der Waals surface area contributed by atoms with Gasteiger partial charge < -0.3 is 18.9 Å². The van der Waals surface area contributed by atoms with Crippen LogP contribution in [0.15, 0.2) is 12.1 Å². The van der Waals surface area contributed by atoms with Gasteiger partial charge >= 0.3 is 13.2 Å². The van der Waals surface area contributed by atoms with Crippen LogP contribution in [0.25, 0.3) is 0 Å². The molecular formula is C20H32BNO4S. The van der Waals surface area contributed by atoms with Crippen LogP contribution >= 0.6 is 11.3 Å². The number of hydrogen-bond donors (Lipinski definition) is 0. The van der Waals surface area contributed by atoms with Crippen LogP contribution in [0.2, 0.25) is 0 Å². The van der Waals surface area contributed by atoms with Crippen LogP contribution in [-0.2, 0) is 14.0 Å². The molecule has 1 amide bonds. The SMILES string of the molecule is CC(C)(C)OC(=O)N1CCC(c2ccc(B3OC(C)(C)C(C)(C)O3)s2)CC1. The molecule has 0 unspecified atom stereocenters. The van der Waals surface area contributed by atoms with E-state index in [1.54, 1.807) is 11.3 Å². The Labute approximate surface area is 167 Å². The van der Waals surface area contributed by atoms with Crippen LogP contribution in [0, 0.1) is 0 Å². The van der Waals surface area contributed by atoms with Crippen LogP contribution in [0.4, 0.5) is 4.79 Å².